The van der Waals surface area contributed by atoms with E-state index in [9.17, 15) is 9.59 Å². The Bertz CT molecular complexity index is 862. The first-order valence-corrected chi connectivity index (χ1v) is 7.47. The van der Waals surface area contributed by atoms with Crippen LogP contribution in [0.15, 0.2) is 71.3 Å². The van der Waals surface area contributed by atoms with Gasteiger partial charge in [-0.15, -0.1) is 0 Å². The van der Waals surface area contributed by atoms with Crippen molar-refractivity contribution in [1.29, 1.82) is 0 Å². The summed E-state index contributed by atoms with van der Waals surface area (Å²) >= 11 is 0. The lowest BCUT2D eigenvalue weighted by Crippen LogP contribution is -2.29. The molecule has 5 nitrogen and oxygen atoms in total. The number of anilines is 1. The molecule has 2 amide bonds. The van der Waals surface area contributed by atoms with Gasteiger partial charge >= 0.3 is 0 Å². The minimum atomic E-state index is -0.306. The molecule has 0 aliphatic carbocycles. The van der Waals surface area contributed by atoms with Gasteiger partial charge in [0.25, 0.3) is 11.8 Å². The Morgan fingerprint density at radius 2 is 1.50 bits per heavy atom. The first-order chi connectivity index (χ1) is 11.7. The topological polar surface area (TPSA) is 59.8 Å². The van der Waals surface area contributed by atoms with Crippen LogP contribution in [0.3, 0.4) is 0 Å². The fourth-order valence-electron chi connectivity index (χ4n) is 2.66. The van der Waals surface area contributed by atoms with E-state index in [4.69, 9.17) is 9.15 Å². The van der Waals surface area contributed by atoms with E-state index in [2.05, 4.69) is 0 Å². The van der Waals surface area contributed by atoms with Gasteiger partial charge in [0.05, 0.1) is 23.1 Å². The van der Waals surface area contributed by atoms with Crippen LogP contribution >= 0.6 is 0 Å². The molecule has 1 aromatic heterocycles. The first kappa shape index (κ1) is 14.3. The van der Waals surface area contributed by atoms with Gasteiger partial charge in [-0.25, -0.2) is 4.90 Å². The van der Waals surface area contributed by atoms with Crippen LogP contribution in [-0.4, -0.2) is 11.8 Å². The van der Waals surface area contributed by atoms with E-state index < -0.39 is 0 Å². The van der Waals surface area contributed by atoms with Crippen molar-refractivity contribution in [2.24, 2.45) is 0 Å². The van der Waals surface area contributed by atoms with Crippen molar-refractivity contribution in [3.63, 3.8) is 0 Å². The van der Waals surface area contributed by atoms with Crippen LogP contribution in [0.4, 0.5) is 5.69 Å². The van der Waals surface area contributed by atoms with Crippen molar-refractivity contribution < 1.29 is 18.7 Å². The Kier molecular flexibility index (Phi) is 3.39. The Morgan fingerprint density at radius 1 is 0.833 bits per heavy atom. The maximum Gasteiger partial charge on any atom is 0.266 e. The average molecular weight is 319 g/mol. The van der Waals surface area contributed by atoms with Gasteiger partial charge in [-0.3, -0.25) is 9.59 Å². The summed E-state index contributed by atoms with van der Waals surface area (Å²) in [6.07, 6.45) is 1.59. The van der Waals surface area contributed by atoms with Crippen LogP contribution < -0.4 is 9.64 Å². The second-order valence-electron chi connectivity index (χ2n) is 5.35. The van der Waals surface area contributed by atoms with Crippen LogP contribution in [0.25, 0.3) is 0 Å². The van der Waals surface area contributed by atoms with Gasteiger partial charge < -0.3 is 9.15 Å². The zero-order valence-corrected chi connectivity index (χ0v) is 12.6. The fourth-order valence-corrected chi connectivity index (χ4v) is 2.66. The molecule has 0 radical (unpaired) electrons. The highest BCUT2D eigenvalue weighted by Crippen LogP contribution is 2.29. The second kappa shape index (κ2) is 5.70. The number of fused-ring (bicyclic) bond motifs is 1. The van der Waals surface area contributed by atoms with Gasteiger partial charge in [-0.1, -0.05) is 12.1 Å². The molecule has 0 unspecified atom stereocenters. The molecule has 24 heavy (non-hydrogen) atoms. The molecule has 0 N–H and O–H groups in total. The first-order valence-electron chi connectivity index (χ1n) is 7.47. The van der Waals surface area contributed by atoms with E-state index in [0.29, 0.717) is 29.2 Å². The maximum absolute atomic E-state index is 12.4. The number of rotatable bonds is 4. The van der Waals surface area contributed by atoms with E-state index in [-0.39, 0.29) is 11.8 Å². The average Bonchev–Trinajstić information content (AvgIpc) is 3.22. The Morgan fingerprint density at radius 3 is 2.08 bits per heavy atom. The van der Waals surface area contributed by atoms with Gasteiger partial charge in [0.2, 0.25) is 0 Å². The summed E-state index contributed by atoms with van der Waals surface area (Å²) in [6, 6.07) is 17.3. The van der Waals surface area contributed by atoms with Crippen molar-refractivity contribution in [3.05, 3.63) is 83.8 Å². The SMILES string of the molecule is O=C1c2ccccc2C(=O)N1c1ccc(OCc2ccco2)cc1. The molecule has 0 fully saturated rings. The lowest BCUT2D eigenvalue weighted by atomic mass is 10.1. The molecule has 0 saturated carbocycles. The molecule has 118 valence electrons. The van der Waals surface area contributed by atoms with Crippen molar-refractivity contribution in [2.45, 2.75) is 6.61 Å². The number of hydrogen-bond acceptors (Lipinski definition) is 4. The second-order valence-corrected chi connectivity index (χ2v) is 5.35. The normalized spacial score (nSPS) is 13.2. The number of ether oxygens (including phenoxy) is 1. The van der Waals surface area contributed by atoms with Gasteiger partial charge in [0.15, 0.2) is 0 Å². The summed E-state index contributed by atoms with van der Waals surface area (Å²) in [4.78, 5) is 26.1. The van der Waals surface area contributed by atoms with Crippen LogP contribution in [0, 0.1) is 0 Å². The Labute approximate surface area is 138 Å². The summed E-state index contributed by atoms with van der Waals surface area (Å²) in [5, 5.41) is 0. The van der Waals surface area contributed by atoms with E-state index in [1.807, 2.05) is 6.07 Å². The minimum absolute atomic E-state index is 0.306. The third-order valence-corrected chi connectivity index (χ3v) is 3.85. The molecule has 1 aliphatic heterocycles. The largest absolute Gasteiger partial charge is 0.486 e. The third kappa shape index (κ3) is 2.36. The lowest BCUT2D eigenvalue weighted by molar-refractivity contribution is 0.0926. The molecule has 2 heterocycles. The van der Waals surface area contributed by atoms with Gasteiger partial charge in [0, 0.05) is 0 Å². The van der Waals surface area contributed by atoms with E-state index in [1.54, 1.807) is 60.9 Å². The summed E-state index contributed by atoms with van der Waals surface area (Å²) in [6.45, 7) is 0.319. The lowest BCUT2D eigenvalue weighted by Gasteiger charge is -2.14. The molecule has 3 aromatic rings. The highest BCUT2D eigenvalue weighted by Gasteiger charge is 2.36. The number of benzene rings is 2. The van der Waals surface area contributed by atoms with Crippen molar-refractivity contribution in [2.75, 3.05) is 4.90 Å². The highest BCUT2D eigenvalue weighted by molar-refractivity contribution is 6.34. The summed E-state index contributed by atoms with van der Waals surface area (Å²) in [5.41, 5.74) is 1.38. The predicted octanol–water partition coefficient (Wildman–Crippen LogP) is 3.66. The number of hydrogen-bond donors (Lipinski definition) is 0. The van der Waals surface area contributed by atoms with Gasteiger partial charge in [-0.05, 0) is 48.5 Å². The quantitative estimate of drug-likeness (QED) is 0.689. The molecule has 0 saturated heterocycles. The molecule has 5 heteroatoms. The highest BCUT2D eigenvalue weighted by atomic mass is 16.5. The third-order valence-electron chi connectivity index (χ3n) is 3.85. The van der Waals surface area contributed by atoms with Crippen LogP contribution in [-0.2, 0) is 6.61 Å². The summed E-state index contributed by atoms with van der Waals surface area (Å²) in [7, 11) is 0. The number of carbonyl (C=O) groups is 2. The summed E-state index contributed by atoms with van der Waals surface area (Å²) in [5.74, 6) is 0.742. The Hall–Kier alpha value is -3.34. The Balaban J connectivity index is 1.53. The van der Waals surface area contributed by atoms with E-state index >= 15 is 0 Å². The molecule has 1 aliphatic rings. The maximum atomic E-state index is 12.4. The number of nitrogens with zero attached hydrogens (tertiary/aromatic N) is 1. The number of amides is 2. The van der Waals surface area contributed by atoms with E-state index in [1.165, 1.54) is 4.90 Å². The minimum Gasteiger partial charge on any atom is -0.486 e. The van der Waals surface area contributed by atoms with Crippen molar-refractivity contribution >= 4 is 17.5 Å². The molecule has 2 aromatic carbocycles. The molecule has 0 bridgehead atoms. The molecular formula is C19H13NO4. The van der Waals surface area contributed by atoms with Crippen LogP contribution in [0.1, 0.15) is 26.5 Å². The number of carbonyl (C=O) groups excluding carboxylic acids is 2. The molecule has 4 rings (SSSR count). The monoisotopic (exact) mass is 319 g/mol. The zero-order chi connectivity index (χ0) is 16.5. The van der Waals surface area contributed by atoms with Crippen molar-refractivity contribution in [3.8, 4) is 5.75 Å². The van der Waals surface area contributed by atoms with Crippen LogP contribution in [0.5, 0.6) is 5.75 Å². The molecule has 0 spiro atoms. The number of furan rings is 1. The van der Waals surface area contributed by atoms with Crippen LogP contribution in [0.2, 0.25) is 0 Å². The molecular weight excluding hydrogens is 306 g/mol. The summed E-state index contributed by atoms with van der Waals surface area (Å²) < 4.78 is 10.8. The smallest absolute Gasteiger partial charge is 0.266 e. The fraction of sp³-hybridized carbons (Fsp3) is 0.0526. The van der Waals surface area contributed by atoms with E-state index in [0.717, 1.165) is 5.76 Å². The van der Waals surface area contributed by atoms with Gasteiger partial charge in [0.1, 0.15) is 18.1 Å². The molecule has 0 atom stereocenters. The standard InChI is InChI=1S/C19H13NO4/c21-18-16-5-1-2-6-17(16)19(22)20(18)13-7-9-14(10-8-13)24-12-15-4-3-11-23-15/h1-11H,12H2. The zero-order valence-electron chi connectivity index (χ0n) is 12.6. The van der Waals surface area contributed by atoms with Gasteiger partial charge in [-0.2, -0.15) is 0 Å². The van der Waals surface area contributed by atoms with Crippen molar-refractivity contribution in [1.82, 2.24) is 0 Å². The predicted molar refractivity (Wildman–Crippen MR) is 87.1 cm³/mol. The number of imide groups is 1.